The Labute approximate surface area is 110 Å². The van der Waals surface area contributed by atoms with Crippen LogP contribution in [0.2, 0.25) is 5.15 Å². The number of nitrogens with zero attached hydrogens (tertiary/aromatic N) is 3. The fourth-order valence-corrected chi connectivity index (χ4v) is 2.45. The van der Waals surface area contributed by atoms with Crippen LogP contribution in [-0.2, 0) is 6.54 Å². The summed E-state index contributed by atoms with van der Waals surface area (Å²) in [6.45, 7) is 2.86. The van der Waals surface area contributed by atoms with Gasteiger partial charge in [-0.1, -0.05) is 41.9 Å². The normalized spacial score (nSPS) is 11.0. The molecule has 2 aromatic heterocycles. The zero-order valence-electron chi connectivity index (χ0n) is 9.97. The van der Waals surface area contributed by atoms with Crippen molar-refractivity contribution >= 4 is 22.5 Å². The molecule has 0 aliphatic heterocycles. The highest BCUT2D eigenvalue weighted by Crippen LogP contribution is 2.25. The molecule has 0 aliphatic rings. The quantitative estimate of drug-likeness (QED) is 0.704. The van der Waals surface area contributed by atoms with Crippen LogP contribution >= 0.6 is 11.6 Å². The summed E-state index contributed by atoms with van der Waals surface area (Å²) < 4.78 is 2.17. The molecule has 0 N–H and O–H groups in total. The van der Waals surface area contributed by atoms with Gasteiger partial charge in [0.25, 0.3) is 0 Å². The molecule has 0 spiro atoms. The van der Waals surface area contributed by atoms with Crippen LogP contribution in [0.4, 0.5) is 0 Å². The van der Waals surface area contributed by atoms with E-state index in [0.29, 0.717) is 5.15 Å². The average Bonchev–Trinajstić information content (AvgIpc) is 2.69. The Morgan fingerprint density at radius 3 is 2.78 bits per heavy atom. The SMILES string of the molecule is Cc1cc2cnnc(Cl)c2n1Cc1ccccc1. The van der Waals surface area contributed by atoms with Gasteiger partial charge in [-0.25, -0.2) is 0 Å². The lowest BCUT2D eigenvalue weighted by Gasteiger charge is -2.08. The lowest BCUT2D eigenvalue weighted by Crippen LogP contribution is -2.02. The maximum Gasteiger partial charge on any atom is 0.175 e. The minimum Gasteiger partial charge on any atom is -0.338 e. The van der Waals surface area contributed by atoms with Crippen molar-refractivity contribution in [1.82, 2.24) is 14.8 Å². The van der Waals surface area contributed by atoms with Crippen molar-refractivity contribution in [3.05, 3.63) is 59.0 Å². The second-order valence-corrected chi connectivity index (χ2v) is 4.65. The number of halogens is 1. The topological polar surface area (TPSA) is 30.7 Å². The Morgan fingerprint density at radius 2 is 2.00 bits per heavy atom. The molecular formula is C14H12ClN3. The number of hydrogen-bond acceptors (Lipinski definition) is 2. The first-order chi connectivity index (χ1) is 8.75. The van der Waals surface area contributed by atoms with E-state index in [1.54, 1.807) is 6.20 Å². The van der Waals surface area contributed by atoms with Crippen molar-refractivity contribution in [2.75, 3.05) is 0 Å². The Balaban J connectivity index is 2.14. The minimum absolute atomic E-state index is 0.455. The number of aryl methyl sites for hydroxylation is 1. The zero-order chi connectivity index (χ0) is 12.5. The molecule has 18 heavy (non-hydrogen) atoms. The molecule has 4 heteroatoms. The van der Waals surface area contributed by atoms with E-state index in [-0.39, 0.29) is 0 Å². The van der Waals surface area contributed by atoms with Crippen LogP contribution in [0.5, 0.6) is 0 Å². The maximum absolute atomic E-state index is 6.15. The summed E-state index contributed by atoms with van der Waals surface area (Å²) in [6.07, 6.45) is 1.75. The van der Waals surface area contributed by atoms with Crippen LogP contribution in [-0.4, -0.2) is 14.8 Å². The summed E-state index contributed by atoms with van der Waals surface area (Å²) in [5.74, 6) is 0. The molecule has 3 aromatic rings. The van der Waals surface area contributed by atoms with Gasteiger partial charge in [0, 0.05) is 17.6 Å². The second-order valence-electron chi connectivity index (χ2n) is 4.30. The first kappa shape index (κ1) is 11.2. The molecule has 0 fully saturated rings. The summed E-state index contributed by atoms with van der Waals surface area (Å²) >= 11 is 6.15. The molecule has 0 amide bonds. The third-order valence-electron chi connectivity index (χ3n) is 3.05. The first-order valence-electron chi connectivity index (χ1n) is 5.76. The van der Waals surface area contributed by atoms with Gasteiger partial charge >= 0.3 is 0 Å². The first-order valence-corrected chi connectivity index (χ1v) is 6.14. The van der Waals surface area contributed by atoms with Crippen molar-refractivity contribution in [2.45, 2.75) is 13.5 Å². The maximum atomic E-state index is 6.15. The van der Waals surface area contributed by atoms with Gasteiger partial charge in [0.1, 0.15) is 0 Å². The molecule has 3 rings (SSSR count). The number of rotatable bonds is 2. The van der Waals surface area contributed by atoms with Crippen LogP contribution in [0.25, 0.3) is 10.9 Å². The third-order valence-corrected chi connectivity index (χ3v) is 3.31. The number of aromatic nitrogens is 3. The van der Waals surface area contributed by atoms with Gasteiger partial charge in [-0.05, 0) is 18.6 Å². The van der Waals surface area contributed by atoms with Gasteiger partial charge in [-0.2, -0.15) is 5.10 Å². The fraction of sp³-hybridized carbons (Fsp3) is 0.143. The summed E-state index contributed by atoms with van der Waals surface area (Å²) in [5, 5.41) is 9.28. The summed E-state index contributed by atoms with van der Waals surface area (Å²) in [4.78, 5) is 0. The van der Waals surface area contributed by atoms with Crippen LogP contribution in [0.1, 0.15) is 11.3 Å². The molecule has 0 aliphatic carbocycles. The highest BCUT2D eigenvalue weighted by Gasteiger charge is 2.10. The molecule has 0 bridgehead atoms. The molecule has 0 atom stereocenters. The van der Waals surface area contributed by atoms with Crippen molar-refractivity contribution in [3.63, 3.8) is 0 Å². The highest BCUT2D eigenvalue weighted by atomic mass is 35.5. The van der Waals surface area contributed by atoms with E-state index in [1.807, 2.05) is 18.2 Å². The molecule has 0 unspecified atom stereocenters. The highest BCUT2D eigenvalue weighted by molar-refractivity contribution is 6.33. The Hall–Kier alpha value is -1.87. The molecule has 2 heterocycles. The molecular weight excluding hydrogens is 246 g/mol. The van der Waals surface area contributed by atoms with Gasteiger partial charge < -0.3 is 4.57 Å². The van der Waals surface area contributed by atoms with Crippen LogP contribution in [0, 0.1) is 6.92 Å². The monoisotopic (exact) mass is 257 g/mol. The lowest BCUT2D eigenvalue weighted by molar-refractivity contribution is 0.801. The molecule has 1 aromatic carbocycles. The van der Waals surface area contributed by atoms with E-state index in [0.717, 1.165) is 23.1 Å². The number of benzene rings is 1. The predicted octanol–water partition coefficient (Wildman–Crippen LogP) is 3.44. The standard InChI is InChI=1S/C14H12ClN3/c1-10-7-12-8-16-17-14(15)13(12)18(10)9-11-5-3-2-4-6-11/h2-8H,9H2,1H3. The van der Waals surface area contributed by atoms with Crippen molar-refractivity contribution in [2.24, 2.45) is 0 Å². The summed E-state index contributed by atoms with van der Waals surface area (Å²) in [7, 11) is 0. The van der Waals surface area contributed by atoms with Crippen molar-refractivity contribution in [1.29, 1.82) is 0 Å². The Bertz CT molecular complexity index is 689. The number of hydrogen-bond donors (Lipinski definition) is 0. The third kappa shape index (κ3) is 1.87. The van der Waals surface area contributed by atoms with E-state index in [4.69, 9.17) is 11.6 Å². The van der Waals surface area contributed by atoms with Crippen LogP contribution in [0.3, 0.4) is 0 Å². The molecule has 0 saturated heterocycles. The smallest absolute Gasteiger partial charge is 0.175 e. The van der Waals surface area contributed by atoms with Gasteiger partial charge in [0.05, 0.1) is 11.7 Å². The van der Waals surface area contributed by atoms with Gasteiger partial charge in [-0.3, -0.25) is 0 Å². The average molecular weight is 258 g/mol. The molecule has 3 nitrogen and oxygen atoms in total. The van der Waals surface area contributed by atoms with E-state index >= 15 is 0 Å². The van der Waals surface area contributed by atoms with E-state index in [1.165, 1.54) is 5.56 Å². The van der Waals surface area contributed by atoms with Crippen molar-refractivity contribution in [3.8, 4) is 0 Å². The van der Waals surface area contributed by atoms with E-state index < -0.39 is 0 Å². The Kier molecular flexibility index (Phi) is 2.76. The van der Waals surface area contributed by atoms with Crippen molar-refractivity contribution < 1.29 is 0 Å². The molecule has 0 radical (unpaired) electrons. The largest absolute Gasteiger partial charge is 0.338 e. The summed E-state index contributed by atoms with van der Waals surface area (Å²) in [5.41, 5.74) is 3.35. The zero-order valence-corrected chi connectivity index (χ0v) is 10.7. The summed E-state index contributed by atoms with van der Waals surface area (Å²) in [6, 6.07) is 12.4. The van der Waals surface area contributed by atoms with Crippen LogP contribution in [0.15, 0.2) is 42.6 Å². The fourth-order valence-electron chi connectivity index (χ4n) is 2.19. The van der Waals surface area contributed by atoms with Gasteiger partial charge in [0.2, 0.25) is 0 Å². The second kappa shape index (κ2) is 4.42. The lowest BCUT2D eigenvalue weighted by atomic mass is 10.2. The van der Waals surface area contributed by atoms with Gasteiger partial charge in [0.15, 0.2) is 5.15 Å². The molecule has 0 saturated carbocycles. The molecule has 90 valence electrons. The van der Waals surface area contributed by atoms with E-state index in [9.17, 15) is 0 Å². The number of fused-ring (bicyclic) bond motifs is 1. The van der Waals surface area contributed by atoms with Gasteiger partial charge in [-0.15, -0.1) is 5.10 Å². The van der Waals surface area contributed by atoms with E-state index in [2.05, 4.69) is 39.9 Å². The predicted molar refractivity (Wildman–Crippen MR) is 72.8 cm³/mol. The minimum atomic E-state index is 0.455. The van der Waals surface area contributed by atoms with Crippen LogP contribution < -0.4 is 0 Å². The Morgan fingerprint density at radius 1 is 1.22 bits per heavy atom.